The van der Waals surface area contributed by atoms with Crippen molar-refractivity contribution in [1.29, 1.82) is 0 Å². The molecule has 0 bridgehead atoms. The Morgan fingerprint density at radius 3 is 2.78 bits per heavy atom. The molecule has 1 unspecified atom stereocenters. The highest BCUT2D eigenvalue weighted by atomic mass is 16.3. The van der Waals surface area contributed by atoms with Gasteiger partial charge in [0.15, 0.2) is 0 Å². The summed E-state index contributed by atoms with van der Waals surface area (Å²) in [6.07, 6.45) is 5.19. The lowest BCUT2D eigenvalue weighted by Crippen LogP contribution is -2.19. The molecule has 0 aliphatic rings. The number of furan rings is 1. The van der Waals surface area contributed by atoms with E-state index in [0.717, 1.165) is 17.9 Å². The highest BCUT2D eigenvalue weighted by Crippen LogP contribution is 2.23. The summed E-state index contributed by atoms with van der Waals surface area (Å²) in [7, 11) is 0. The molecule has 2 nitrogen and oxygen atoms in total. The van der Waals surface area contributed by atoms with E-state index in [0.29, 0.717) is 6.04 Å². The topological polar surface area (TPSA) is 25.2 Å². The second-order valence-electron chi connectivity index (χ2n) is 4.92. The third kappa shape index (κ3) is 3.36. The molecule has 98 valence electrons. The van der Waals surface area contributed by atoms with Crippen molar-refractivity contribution in [1.82, 2.24) is 5.32 Å². The molecule has 0 aliphatic carbocycles. The molecule has 2 heteroatoms. The molecule has 0 saturated carbocycles. The van der Waals surface area contributed by atoms with Crippen molar-refractivity contribution >= 4 is 11.0 Å². The Bertz CT molecular complexity index is 442. The summed E-state index contributed by atoms with van der Waals surface area (Å²) in [4.78, 5) is 0. The molecule has 1 heterocycles. The number of nitrogens with one attached hydrogen (secondary N) is 1. The summed E-state index contributed by atoms with van der Waals surface area (Å²) in [5, 5.41) is 4.71. The van der Waals surface area contributed by atoms with E-state index in [4.69, 9.17) is 4.42 Å². The van der Waals surface area contributed by atoms with Crippen molar-refractivity contribution in [3.8, 4) is 0 Å². The number of hydrogen-bond donors (Lipinski definition) is 1. The standard InChI is InChI=1S/C16H23NO/c1-3-4-5-8-11-17-13(2)16-12-14-9-6-7-10-15(14)18-16/h6-7,9-10,12-13,17H,3-5,8,11H2,1-2H3. The number of benzene rings is 1. The van der Waals surface area contributed by atoms with Gasteiger partial charge in [0.25, 0.3) is 0 Å². The van der Waals surface area contributed by atoms with Crippen molar-refractivity contribution in [2.24, 2.45) is 0 Å². The van der Waals surface area contributed by atoms with Gasteiger partial charge in [0.05, 0.1) is 6.04 Å². The predicted octanol–water partition coefficient (Wildman–Crippen LogP) is 4.66. The molecule has 2 rings (SSSR count). The van der Waals surface area contributed by atoms with Gasteiger partial charge in [-0.3, -0.25) is 0 Å². The molecular weight excluding hydrogens is 222 g/mol. The molecule has 18 heavy (non-hydrogen) atoms. The molecule has 1 aromatic carbocycles. The van der Waals surface area contributed by atoms with Gasteiger partial charge < -0.3 is 9.73 Å². The van der Waals surface area contributed by atoms with Crippen LogP contribution in [0.2, 0.25) is 0 Å². The maximum absolute atomic E-state index is 5.85. The van der Waals surface area contributed by atoms with Crippen LogP contribution in [-0.4, -0.2) is 6.54 Å². The Kier molecular flexibility index (Phi) is 4.82. The van der Waals surface area contributed by atoms with Gasteiger partial charge in [-0.25, -0.2) is 0 Å². The van der Waals surface area contributed by atoms with Crippen LogP contribution in [0.5, 0.6) is 0 Å². The average Bonchev–Trinajstić information content (AvgIpc) is 2.82. The van der Waals surface area contributed by atoms with Crippen molar-refractivity contribution in [3.63, 3.8) is 0 Å². The Morgan fingerprint density at radius 2 is 2.00 bits per heavy atom. The fourth-order valence-electron chi connectivity index (χ4n) is 2.19. The van der Waals surface area contributed by atoms with Crippen LogP contribution < -0.4 is 5.32 Å². The number of hydrogen-bond acceptors (Lipinski definition) is 2. The zero-order valence-corrected chi connectivity index (χ0v) is 11.4. The minimum atomic E-state index is 0.291. The fraction of sp³-hybridized carbons (Fsp3) is 0.500. The molecule has 1 N–H and O–H groups in total. The Labute approximate surface area is 109 Å². The van der Waals surface area contributed by atoms with E-state index in [1.54, 1.807) is 0 Å². The molecule has 0 amide bonds. The van der Waals surface area contributed by atoms with Crippen LogP contribution in [0.15, 0.2) is 34.7 Å². The molecule has 0 spiro atoms. The number of fused-ring (bicyclic) bond motifs is 1. The quantitative estimate of drug-likeness (QED) is 0.717. The summed E-state index contributed by atoms with van der Waals surface area (Å²) in [5.41, 5.74) is 0.979. The van der Waals surface area contributed by atoms with Crippen LogP contribution in [0.25, 0.3) is 11.0 Å². The van der Waals surface area contributed by atoms with Crippen LogP contribution in [0.4, 0.5) is 0 Å². The zero-order chi connectivity index (χ0) is 12.8. The first-order valence-electron chi connectivity index (χ1n) is 7.03. The predicted molar refractivity (Wildman–Crippen MR) is 76.8 cm³/mol. The van der Waals surface area contributed by atoms with Crippen molar-refractivity contribution in [2.45, 2.75) is 45.6 Å². The summed E-state index contributed by atoms with van der Waals surface area (Å²) in [6, 6.07) is 10.6. The lowest BCUT2D eigenvalue weighted by atomic mass is 10.2. The summed E-state index contributed by atoms with van der Waals surface area (Å²) in [6.45, 7) is 5.47. The summed E-state index contributed by atoms with van der Waals surface area (Å²) < 4.78 is 5.85. The van der Waals surface area contributed by atoms with E-state index in [1.807, 2.05) is 18.2 Å². The highest BCUT2D eigenvalue weighted by molar-refractivity contribution is 5.77. The molecule has 2 aromatic rings. The van der Waals surface area contributed by atoms with E-state index >= 15 is 0 Å². The SMILES string of the molecule is CCCCCCNC(C)c1cc2ccccc2o1. The first kappa shape index (κ1) is 13.2. The third-order valence-corrected chi connectivity index (χ3v) is 3.35. The van der Waals surface area contributed by atoms with Crippen molar-refractivity contribution < 1.29 is 4.42 Å². The van der Waals surface area contributed by atoms with Crippen LogP contribution in [0.3, 0.4) is 0 Å². The second-order valence-corrected chi connectivity index (χ2v) is 4.92. The Morgan fingerprint density at radius 1 is 1.17 bits per heavy atom. The normalized spacial score (nSPS) is 13.0. The molecule has 0 aliphatic heterocycles. The van der Waals surface area contributed by atoms with Crippen LogP contribution in [0.1, 0.15) is 51.3 Å². The Balaban J connectivity index is 1.86. The van der Waals surface area contributed by atoms with E-state index in [2.05, 4.69) is 31.3 Å². The second kappa shape index (κ2) is 6.60. The largest absolute Gasteiger partial charge is 0.459 e. The molecule has 0 saturated heterocycles. The van der Waals surface area contributed by atoms with Crippen LogP contribution >= 0.6 is 0 Å². The monoisotopic (exact) mass is 245 g/mol. The van der Waals surface area contributed by atoms with Gasteiger partial charge in [-0.05, 0) is 32.0 Å². The maximum atomic E-state index is 5.85. The van der Waals surface area contributed by atoms with Crippen LogP contribution in [0, 0.1) is 0 Å². The van der Waals surface area contributed by atoms with Crippen LogP contribution in [-0.2, 0) is 0 Å². The van der Waals surface area contributed by atoms with Gasteiger partial charge in [0.2, 0.25) is 0 Å². The van der Waals surface area contributed by atoms with Gasteiger partial charge in [0.1, 0.15) is 11.3 Å². The minimum Gasteiger partial charge on any atom is -0.459 e. The number of unbranched alkanes of at least 4 members (excludes halogenated alkanes) is 3. The number of rotatable bonds is 7. The van der Waals surface area contributed by atoms with Gasteiger partial charge in [-0.2, -0.15) is 0 Å². The lowest BCUT2D eigenvalue weighted by molar-refractivity contribution is 0.444. The van der Waals surface area contributed by atoms with Crippen molar-refractivity contribution in [2.75, 3.05) is 6.54 Å². The molecule has 0 radical (unpaired) electrons. The number of para-hydroxylation sites is 1. The third-order valence-electron chi connectivity index (χ3n) is 3.35. The molecule has 0 fully saturated rings. The summed E-state index contributed by atoms with van der Waals surface area (Å²) >= 11 is 0. The summed E-state index contributed by atoms with van der Waals surface area (Å²) in [5.74, 6) is 1.03. The van der Waals surface area contributed by atoms with Gasteiger partial charge in [-0.15, -0.1) is 0 Å². The van der Waals surface area contributed by atoms with E-state index < -0.39 is 0 Å². The highest BCUT2D eigenvalue weighted by Gasteiger charge is 2.10. The average molecular weight is 245 g/mol. The molecule has 1 aromatic heterocycles. The Hall–Kier alpha value is -1.28. The first-order valence-corrected chi connectivity index (χ1v) is 7.03. The smallest absolute Gasteiger partial charge is 0.134 e. The van der Waals surface area contributed by atoms with Gasteiger partial charge >= 0.3 is 0 Å². The maximum Gasteiger partial charge on any atom is 0.134 e. The minimum absolute atomic E-state index is 0.291. The lowest BCUT2D eigenvalue weighted by Gasteiger charge is -2.10. The van der Waals surface area contributed by atoms with E-state index in [1.165, 1.54) is 31.1 Å². The first-order chi connectivity index (χ1) is 8.81. The van der Waals surface area contributed by atoms with E-state index in [-0.39, 0.29) is 0 Å². The van der Waals surface area contributed by atoms with Gasteiger partial charge in [0, 0.05) is 5.39 Å². The van der Waals surface area contributed by atoms with Gasteiger partial charge in [-0.1, -0.05) is 44.4 Å². The molecule has 1 atom stereocenters. The molecular formula is C16H23NO. The van der Waals surface area contributed by atoms with Crippen molar-refractivity contribution in [3.05, 3.63) is 36.1 Å². The van der Waals surface area contributed by atoms with E-state index in [9.17, 15) is 0 Å². The fourth-order valence-corrected chi connectivity index (χ4v) is 2.19. The zero-order valence-electron chi connectivity index (χ0n) is 11.4.